The maximum atomic E-state index is 6.11. The highest BCUT2D eigenvalue weighted by Crippen LogP contribution is 2.35. The third-order valence-corrected chi connectivity index (χ3v) is 9.26. The van der Waals surface area contributed by atoms with E-state index in [4.69, 9.17) is 19.7 Å². The summed E-state index contributed by atoms with van der Waals surface area (Å²) in [4.78, 5) is 0. The maximum Gasteiger partial charge on any atom is 0.163 e. The molecule has 0 N–H and O–H groups in total. The van der Waals surface area contributed by atoms with E-state index in [1.165, 1.54) is 10.8 Å². The molecule has 8 nitrogen and oxygen atoms in total. The van der Waals surface area contributed by atoms with E-state index in [9.17, 15) is 0 Å². The predicted molar refractivity (Wildman–Crippen MR) is 185 cm³/mol. The molecular formula is C39H23N7O. The molecule has 6 aromatic heterocycles. The monoisotopic (exact) mass is 605 g/mol. The van der Waals surface area contributed by atoms with Crippen LogP contribution < -0.4 is 0 Å². The summed E-state index contributed by atoms with van der Waals surface area (Å²) in [6.45, 7) is 0. The Labute approximate surface area is 265 Å². The van der Waals surface area contributed by atoms with Crippen LogP contribution in [-0.4, -0.2) is 33.4 Å². The van der Waals surface area contributed by atoms with E-state index in [-0.39, 0.29) is 0 Å². The Balaban J connectivity index is 1.21. The number of hydrogen-bond donors (Lipinski definition) is 0. The summed E-state index contributed by atoms with van der Waals surface area (Å²) in [5.41, 5.74) is 10.2. The smallest absolute Gasteiger partial charge is 0.163 e. The molecule has 0 spiro atoms. The van der Waals surface area contributed by atoms with Gasteiger partial charge in [-0.1, -0.05) is 84.9 Å². The van der Waals surface area contributed by atoms with Crippen LogP contribution in [0, 0.1) is 0 Å². The summed E-state index contributed by atoms with van der Waals surface area (Å²) in [6, 6.07) is 47.9. The molecule has 6 heterocycles. The molecule has 220 valence electrons. The fraction of sp³-hybridized carbons (Fsp3) is 0. The molecule has 11 rings (SSSR count). The molecule has 0 amide bonds. The lowest BCUT2D eigenvalue weighted by atomic mass is 10.1. The van der Waals surface area contributed by atoms with E-state index in [0.29, 0.717) is 0 Å². The molecule has 0 aliphatic heterocycles. The lowest BCUT2D eigenvalue weighted by Gasteiger charge is -2.02. The van der Waals surface area contributed by atoms with Gasteiger partial charge in [-0.15, -0.1) is 5.10 Å². The predicted octanol–water partition coefficient (Wildman–Crippen LogP) is 8.96. The number of hydrogen-bond acceptors (Lipinski definition) is 4. The zero-order valence-electron chi connectivity index (χ0n) is 24.8. The largest absolute Gasteiger partial charge is 0.456 e. The number of fused-ring (bicyclic) bond motifs is 12. The first-order valence-corrected chi connectivity index (χ1v) is 15.6. The SMILES string of the molecule is c1ccc(-c2cc3n4nc(-c5ccc6oc7ccccc7c6c5)cc4n4nc(-n5c6ccccc6c6ccccc65)cc4n3n2)cc1. The molecule has 0 saturated carbocycles. The number of aromatic nitrogens is 7. The van der Waals surface area contributed by atoms with Crippen LogP contribution in [0.15, 0.2) is 144 Å². The highest BCUT2D eigenvalue weighted by molar-refractivity contribution is 6.09. The molecule has 5 aromatic carbocycles. The molecule has 0 atom stereocenters. The van der Waals surface area contributed by atoms with Gasteiger partial charge in [0.2, 0.25) is 0 Å². The number of furan rings is 1. The number of benzene rings is 5. The van der Waals surface area contributed by atoms with Crippen LogP contribution >= 0.6 is 0 Å². The molecule has 11 aromatic rings. The highest BCUT2D eigenvalue weighted by Gasteiger charge is 2.21. The summed E-state index contributed by atoms with van der Waals surface area (Å²) in [5, 5.41) is 20.1. The fourth-order valence-electron chi connectivity index (χ4n) is 7.12. The Morgan fingerprint density at radius 2 is 0.957 bits per heavy atom. The average Bonchev–Trinajstić information content (AvgIpc) is 3.95. The van der Waals surface area contributed by atoms with Gasteiger partial charge in [0, 0.05) is 50.9 Å². The van der Waals surface area contributed by atoms with Crippen molar-refractivity contribution in [2.45, 2.75) is 0 Å². The maximum absolute atomic E-state index is 6.11. The van der Waals surface area contributed by atoms with Gasteiger partial charge in [-0.05, 0) is 36.4 Å². The van der Waals surface area contributed by atoms with Gasteiger partial charge in [-0.2, -0.15) is 23.7 Å². The van der Waals surface area contributed by atoms with Crippen LogP contribution in [0.4, 0.5) is 0 Å². The van der Waals surface area contributed by atoms with Crippen LogP contribution in [0.5, 0.6) is 0 Å². The fourth-order valence-corrected chi connectivity index (χ4v) is 7.12. The molecule has 0 aliphatic rings. The average molecular weight is 606 g/mol. The van der Waals surface area contributed by atoms with Gasteiger partial charge in [0.15, 0.2) is 22.8 Å². The lowest BCUT2D eigenvalue weighted by molar-refractivity contribution is 0.669. The van der Waals surface area contributed by atoms with Gasteiger partial charge in [0.05, 0.1) is 22.4 Å². The normalized spacial score (nSPS) is 12.3. The van der Waals surface area contributed by atoms with Gasteiger partial charge < -0.3 is 4.42 Å². The van der Waals surface area contributed by atoms with Gasteiger partial charge in [0.1, 0.15) is 11.2 Å². The third-order valence-electron chi connectivity index (χ3n) is 9.26. The second kappa shape index (κ2) is 8.95. The van der Waals surface area contributed by atoms with Crippen molar-refractivity contribution in [1.82, 2.24) is 33.4 Å². The first kappa shape index (κ1) is 24.6. The minimum absolute atomic E-state index is 0.808. The van der Waals surface area contributed by atoms with Gasteiger partial charge in [0.25, 0.3) is 0 Å². The summed E-state index contributed by atoms with van der Waals surface area (Å²) < 4.78 is 14.2. The molecule has 8 heteroatoms. The van der Waals surface area contributed by atoms with E-state index < -0.39 is 0 Å². The van der Waals surface area contributed by atoms with Gasteiger partial charge in [-0.25, -0.2) is 0 Å². The quantitative estimate of drug-likeness (QED) is 0.202. The van der Waals surface area contributed by atoms with Crippen molar-refractivity contribution < 1.29 is 4.42 Å². The van der Waals surface area contributed by atoms with Crippen molar-refractivity contribution in [3.63, 3.8) is 0 Å². The van der Waals surface area contributed by atoms with Crippen LogP contribution in [0.25, 0.3) is 89.0 Å². The van der Waals surface area contributed by atoms with Crippen LogP contribution in [-0.2, 0) is 0 Å². The van der Waals surface area contributed by atoms with E-state index in [0.717, 1.165) is 78.2 Å². The number of rotatable bonds is 3. The minimum Gasteiger partial charge on any atom is -0.456 e. The number of para-hydroxylation sites is 3. The summed E-state index contributed by atoms with van der Waals surface area (Å²) in [5.74, 6) is 0.808. The summed E-state index contributed by atoms with van der Waals surface area (Å²) >= 11 is 0. The lowest BCUT2D eigenvalue weighted by Crippen LogP contribution is -2.05. The van der Waals surface area contributed by atoms with Crippen molar-refractivity contribution in [3.8, 4) is 28.3 Å². The second-order valence-corrected chi connectivity index (χ2v) is 11.9. The molecule has 0 aliphatic carbocycles. The van der Waals surface area contributed by atoms with Crippen molar-refractivity contribution in [2.75, 3.05) is 0 Å². The standard InChI is InChI=1S/C39H23N7O/c1-2-10-24(11-3-1)30-21-37-44-38(22-31(41-44)25-18-19-35-29(20-25)28-14-6-9-17-34(28)47-35)46-39(45(37)40-30)23-36(42-46)43-32-15-7-4-12-26(32)27-13-5-8-16-33(27)43/h1-23H. The second-order valence-electron chi connectivity index (χ2n) is 11.9. The van der Waals surface area contributed by atoms with Crippen LogP contribution in [0.2, 0.25) is 0 Å². The zero-order chi connectivity index (χ0) is 30.6. The van der Waals surface area contributed by atoms with Crippen LogP contribution in [0.3, 0.4) is 0 Å². The van der Waals surface area contributed by atoms with E-state index in [2.05, 4.69) is 102 Å². The van der Waals surface area contributed by atoms with E-state index in [1.807, 2.05) is 56.0 Å². The topological polar surface area (TPSA) is 70.0 Å². The minimum atomic E-state index is 0.808. The van der Waals surface area contributed by atoms with Crippen molar-refractivity contribution in [2.24, 2.45) is 0 Å². The Morgan fingerprint density at radius 1 is 0.404 bits per heavy atom. The molecule has 0 fully saturated rings. The summed E-state index contributed by atoms with van der Waals surface area (Å²) in [6.07, 6.45) is 0. The Morgan fingerprint density at radius 3 is 1.68 bits per heavy atom. The Kier molecular flexibility index (Phi) is 4.69. The Hall–Kier alpha value is -6.67. The third kappa shape index (κ3) is 3.38. The van der Waals surface area contributed by atoms with Crippen LogP contribution in [0.1, 0.15) is 0 Å². The molecule has 47 heavy (non-hydrogen) atoms. The Bertz CT molecular complexity index is 2970. The van der Waals surface area contributed by atoms with Crippen molar-refractivity contribution >= 4 is 60.7 Å². The van der Waals surface area contributed by atoms with E-state index >= 15 is 0 Å². The van der Waals surface area contributed by atoms with Crippen molar-refractivity contribution in [1.29, 1.82) is 0 Å². The van der Waals surface area contributed by atoms with Gasteiger partial charge >= 0.3 is 0 Å². The first-order chi connectivity index (χ1) is 23.3. The molecule has 0 bridgehead atoms. The molecular weight excluding hydrogens is 582 g/mol. The van der Waals surface area contributed by atoms with Gasteiger partial charge in [-0.3, -0.25) is 4.57 Å². The van der Waals surface area contributed by atoms with Crippen molar-refractivity contribution in [3.05, 3.63) is 140 Å². The molecule has 0 radical (unpaired) electrons. The zero-order valence-corrected chi connectivity index (χ0v) is 24.8. The first-order valence-electron chi connectivity index (χ1n) is 15.6. The highest BCUT2D eigenvalue weighted by atomic mass is 16.3. The molecule has 0 saturated heterocycles. The summed E-state index contributed by atoms with van der Waals surface area (Å²) in [7, 11) is 0. The number of nitrogens with zero attached hydrogens (tertiary/aromatic N) is 7. The van der Waals surface area contributed by atoms with E-state index in [1.54, 1.807) is 0 Å². The molecule has 0 unspecified atom stereocenters.